The molecule has 0 unspecified atom stereocenters. The Morgan fingerprint density at radius 2 is 1.02 bits per heavy atom. The van der Waals surface area contributed by atoms with Crippen LogP contribution in [0.2, 0.25) is 0 Å². The molecule has 0 saturated heterocycles. The van der Waals surface area contributed by atoms with Gasteiger partial charge in [0.05, 0.1) is 44.1 Å². The summed E-state index contributed by atoms with van der Waals surface area (Å²) in [4.78, 5) is 10.3. The van der Waals surface area contributed by atoms with Crippen molar-refractivity contribution >= 4 is 82.1 Å². The van der Waals surface area contributed by atoms with E-state index in [-0.39, 0.29) is 0 Å². The van der Waals surface area contributed by atoms with Crippen LogP contribution in [0.3, 0.4) is 0 Å². The van der Waals surface area contributed by atoms with Gasteiger partial charge >= 0.3 is 0 Å². The molecule has 218 valence electrons. The predicted octanol–water partition coefficient (Wildman–Crippen LogP) is 10.4. The molecule has 11 rings (SSSR count). The average molecular weight is 600 g/mol. The number of benzene rings is 6. The summed E-state index contributed by atoms with van der Waals surface area (Å²) in [5, 5.41) is 7.05. The number of para-hydroxylation sites is 5. The molecule has 0 bridgehead atoms. The Bertz CT molecular complexity index is 3060. The van der Waals surface area contributed by atoms with Crippen LogP contribution in [0.4, 0.5) is 0 Å². The van der Waals surface area contributed by atoms with Gasteiger partial charge in [-0.15, -0.1) is 0 Å². The third-order valence-electron chi connectivity index (χ3n) is 9.82. The van der Waals surface area contributed by atoms with Crippen LogP contribution in [0.1, 0.15) is 0 Å². The fourth-order valence-corrected chi connectivity index (χ4v) is 7.98. The van der Waals surface area contributed by atoms with Gasteiger partial charge in [0.15, 0.2) is 0 Å². The summed E-state index contributed by atoms with van der Waals surface area (Å²) in [6, 6.07) is 51.9. The molecule has 0 atom stereocenters. The molecule has 6 aromatic carbocycles. The van der Waals surface area contributed by atoms with E-state index in [1.807, 2.05) is 12.3 Å². The number of pyridine rings is 2. The molecule has 5 heteroatoms. The number of hydrogen-bond donors (Lipinski definition) is 0. The third kappa shape index (κ3) is 3.17. The molecule has 5 nitrogen and oxygen atoms in total. The minimum atomic E-state index is 0.947. The summed E-state index contributed by atoms with van der Waals surface area (Å²) in [6.45, 7) is 0. The van der Waals surface area contributed by atoms with Crippen molar-refractivity contribution in [3.63, 3.8) is 0 Å². The number of aromatic nitrogens is 5. The zero-order valence-electron chi connectivity index (χ0n) is 25.2. The van der Waals surface area contributed by atoms with Gasteiger partial charge < -0.3 is 9.13 Å². The Morgan fingerprint density at radius 3 is 1.83 bits per heavy atom. The highest BCUT2D eigenvalue weighted by Gasteiger charge is 2.24. The van der Waals surface area contributed by atoms with E-state index in [4.69, 9.17) is 9.97 Å². The molecule has 0 saturated carbocycles. The smallest absolute Gasteiger partial charge is 0.147 e. The summed E-state index contributed by atoms with van der Waals surface area (Å²) in [7, 11) is 0. The lowest BCUT2D eigenvalue weighted by molar-refractivity contribution is 1.15. The molecular formula is C42H25N5. The fourth-order valence-electron chi connectivity index (χ4n) is 7.98. The van der Waals surface area contributed by atoms with E-state index in [2.05, 4.69) is 153 Å². The SMILES string of the molecule is c1ccc(-n2c3ccccc3c3ccc4c5c6c(ccc5n(-c5ccccc5)c4c32)c2ncccc2n2c3ccccc3nc62)cc1. The Morgan fingerprint density at radius 1 is 0.404 bits per heavy atom. The maximum absolute atomic E-state index is 5.32. The van der Waals surface area contributed by atoms with E-state index < -0.39 is 0 Å². The van der Waals surface area contributed by atoms with Gasteiger partial charge in [-0.1, -0.05) is 78.9 Å². The standard InChI is InChI=1S/C42H25N5/c1-3-12-26(13-4-1)45-33-18-9-7-16-28(33)29-21-22-31-37-35(46(41(31)40(29)45)27-14-5-2-6-15-27)24-23-30-38(37)42-44-32-17-8-10-19-34(32)47(42)36-20-11-25-43-39(30)36/h1-25H. The molecule has 0 N–H and O–H groups in total. The molecule has 5 heterocycles. The van der Waals surface area contributed by atoms with Crippen molar-refractivity contribution in [3.05, 3.63) is 152 Å². The normalized spacial score (nSPS) is 12.3. The van der Waals surface area contributed by atoms with Crippen LogP contribution in [0.5, 0.6) is 0 Å². The van der Waals surface area contributed by atoms with E-state index in [1.54, 1.807) is 0 Å². The van der Waals surface area contributed by atoms with Crippen LogP contribution >= 0.6 is 0 Å². The van der Waals surface area contributed by atoms with E-state index in [0.717, 1.165) is 55.4 Å². The molecule has 0 aliphatic carbocycles. The second-order valence-corrected chi connectivity index (χ2v) is 12.2. The second kappa shape index (κ2) is 9.05. The summed E-state index contributed by atoms with van der Waals surface area (Å²) in [6.07, 6.45) is 1.89. The minimum Gasteiger partial charge on any atom is -0.307 e. The van der Waals surface area contributed by atoms with E-state index in [0.29, 0.717) is 0 Å². The van der Waals surface area contributed by atoms with Gasteiger partial charge in [0.1, 0.15) is 5.65 Å². The van der Waals surface area contributed by atoms with Gasteiger partial charge in [-0.25, -0.2) is 4.98 Å². The topological polar surface area (TPSA) is 40.0 Å². The molecule has 0 radical (unpaired) electrons. The second-order valence-electron chi connectivity index (χ2n) is 12.2. The van der Waals surface area contributed by atoms with Gasteiger partial charge in [-0.05, 0) is 66.7 Å². The number of imidazole rings is 1. The molecule has 11 aromatic rings. The highest BCUT2D eigenvalue weighted by molar-refractivity contribution is 6.32. The molecule has 0 amide bonds. The van der Waals surface area contributed by atoms with E-state index in [9.17, 15) is 0 Å². The first kappa shape index (κ1) is 24.8. The molecule has 47 heavy (non-hydrogen) atoms. The summed E-state index contributed by atoms with van der Waals surface area (Å²) in [5.74, 6) is 0. The largest absolute Gasteiger partial charge is 0.307 e. The minimum absolute atomic E-state index is 0.947. The van der Waals surface area contributed by atoms with E-state index in [1.165, 1.54) is 38.1 Å². The van der Waals surface area contributed by atoms with Crippen molar-refractivity contribution in [3.8, 4) is 11.4 Å². The average Bonchev–Trinajstić information content (AvgIpc) is 3.80. The van der Waals surface area contributed by atoms with Crippen molar-refractivity contribution < 1.29 is 0 Å². The first-order chi connectivity index (χ1) is 23.4. The molecular weight excluding hydrogens is 574 g/mol. The number of fused-ring (bicyclic) bond motifs is 16. The maximum atomic E-state index is 5.32. The van der Waals surface area contributed by atoms with Crippen molar-refractivity contribution in [1.29, 1.82) is 0 Å². The van der Waals surface area contributed by atoms with Crippen LogP contribution in [0, 0.1) is 0 Å². The number of hydrogen-bond acceptors (Lipinski definition) is 2. The summed E-state index contributed by atoms with van der Waals surface area (Å²) >= 11 is 0. The maximum Gasteiger partial charge on any atom is 0.147 e. The molecule has 5 aromatic heterocycles. The number of nitrogens with zero attached hydrogens (tertiary/aromatic N) is 5. The monoisotopic (exact) mass is 599 g/mol. The Kier molecular flexibility index (Phi) is 4.78. The van der Waals surface area contributed by atoms with Crippen LogP contribution in [0.25, 0.3) is 93.5 Å². The van der Waals surface area contributed by atoms with Gasteiger partial charge in [-0.3, -0.25) is 9.38 Å². The quantitative estimate of drug-likeness (QED) is 0.186. The van der Waals surface area contributed by atoms with Crippen LogP contribution in [-0.2, 0) is 0 Å². The Balaban J connectivity index is 1.47. The zero-order valence-corrected chi connectivity index (χ0v) is 25.2. The van der Waals surface area contributed by atoms with Crippen molar-refractivity contribution in [2.45, 2.75) is 0 Å². The first-order valence-electron chi connectivity index (χ1n) is 15.9. The third-order valence-corrected chi connectivity index (χ3v) is 9.82. The van der Waals surface area contributed by atoms with Crippen LogP contribution < -0.4 is 0 Å². The van der Waals surface area contributed by atoms with Crippen molar-refractivity contribution in [2.24, 2.45) is 0 Å². The predicted molar refractivity (Wildman–Crippen MR) is 194 cm³/mol. The van der Waals surface area contributed by atoms with Crippen LogP contribution in [0.15, 0.2) is 152 Å². The Labute approximate surface area is 268 Å². The van der Waals surface area contributed by atoms with Crippen molar-refractivity contribution in [1.82, 2.24) is 23.5 Å². The zero-order chi connectivity index (χ0) is 30.6. The first-order valence-corrected chi connectivity index (χ1v) is 15.9. The van der Waals surface area contributed by atoms with Crippen LogP contribution in [-0.4, -0.2) is 23.5 Å². The van der Waals surface area contributed by atoms with Gasteiger partial charge in [0.25, 0.3) is 0 Å². The van der Waals surface area contributed by atoms with Gasteiger partial charge in [-0.2, -0.15) is 0 Å². The fraction of sp³-hybridized carbons (Fsp3) is 0. The summed E-state index contributed by atoms with van der Waals surface area (Å²) < 4.78 is 7.18. The van der Waals surface area contributed by atoms with E-state index >= 15 is 0 Å². The lowest BCUT2D eigenvalue weighted by Crippen LogP contribution is -1.98. The highest BCUT2D eigenvalue weighted by Crippen LogP contribution is 2.45. The molecule has 0 spiro atoms. The molecule has 0 fully saturated rings. The van der Waals surface area contributed by atoms with Crippen molar-refractivity contribution in [2.75, 3.05) is 0 Å². The number of rotatable bonds is 2. The Hall–Kier alpha value is -6.46. The lowest BCUT2D eigenvalue weighted by atomic mass is 10.0. The molecule has 0 aliphatic heterocycles. The summed E-state index contributed by atoms with van der Waals surface area (Å²) in [5.41, 5.74) is 12.0. The molecule has 0 aliphatic rings. The lowest BCUT2D eigenvalue weighted by Gasteiger charge is -2.12. The highest BCUT2D eigenvalue weighted by atomic mass is 15.1. The van der Waals surface area contributed by atoms with Gasteiger partial charge in [0.2, 0.25) is 0 Å². The van der Waals surface area contributed by atoms with Gasteiger partial charge in [0, 0.05) is 49.9 Å².